The maximum Gasteiger partial charge on any atom is 0.309 e. The van der Waals surface area contributed by atoms with E-state index in [1.54, 1.807) is 0 Å². The van der Waals surface area contributed by atoms with Crippen molar-refractivity contribution < 1.29 is 22.7 Å². The van der Waals surface area contributed by atoms with Gasteiger partial charge in [0.2, 0.25) is 10.0 Å². The van der Waals surface area contributed by atoms with E-state index in [-0.39, 0.29) is 40.9 Å². The molecule has 1 aromatic carbocycles. The SMILES string of the molecule is CC(OC(=O)C1CCN(S(=O)(=O)c2cc(Cl)ccc2Cl)CC1)C(N)=O. The van der Waals surface area contributed by atoms with Gasteiger partial charge in [0.05, 0.1) is 10.9 Å². The second kappa shape index (κ2) is 7.90. The Bertz CT molecular complexity index is 776. The summed E-state index contributed by atoms with van der Waals surface area (Å²) in [7, 11) is -3.81. The van der Waals surface area contributed by atoms with E-state index >= 15 is 0 Å². The lowest BCUT2D eigenvalue weighted by molar-refractivity contribution is -0.159. The molecule has 1 amide bonds. The summed E-state index contributed by atoms with van der Waals surface area (Å²) in [5.74, 6) is -1.77. The number of nitrogens with two attached hydrogens (primary N) is 1. The minimum absolute atomic E-state index is 0.0648. The third-order valence-corrected chi connectivity index (χ3v) is 6.61. The molecule has 0 radical (unpaired) electrons. The molecule has 7 nitrogen and oxygen atoms in total. The third-order valence-electron chi connectivity index (χ3n) is 3.99. The van der Waals surface area contributed by atoms with E-state index in [4.69, 9.17) is 33.7 Å². The Morgan fingerprint density at radius 3 is 2.44 bits per heavy atom. The van der Waals surface area contributed by atoms with Crippen molar-refractivity contribution in [2.45, 2.75) is 30.8 Å². The van der Waals surface area contributed by atoms with Crippen LogP contribution in [0.5, 0.6) is 0 Å². The molecule has 0 aliphatic carbocycles. The number of sulfonamides is 1. The van der Waals surface area contributed by atoms with Crippen LogP contribution in [0.4, 0.5) is 0 Å². The molecule has 1 atom stereocenters. The van der Waals surface area contributed by atoms with Crippen LogP contribution in [0.15, 0.2) is 23.1 Å². The van der Waals surface area contributed by atoms with E-state index in [0.29, 0.717) is 0 Å². The maximum atomic E-state index is 12.7. The van der Waals surface area contributed by atoms with Gasteiger partial charge in [0.1, 0.15) is 4.90 Å². The van der Waals surface area contributed by atoms with Gasteiger partial charge in [-0.05, 0) is 38.0 Å². The molecule has 1 heterocycles. The van der Waals surface area contributed by atoms with Crippen LogP contribution >= 0.6 is 23.2 Å². The van der Waals surface area contributed by atoms with Crippen molar-refractivity contribution in [2.24, 2.45) is 11.7 Å². The zero-order chi connectivity index (χ0) is 18.8. The van der Waals surface area contributed by atoms with Crippen molar-refractivity contribution in [3.8, 4) is 0 Å². The Labute approximate surface area is 156 Å². The third kappa shape index (κ3) is 4.63. The van der Waals surface area contributed by atoms with E-state index < -0.39 is 33.9 Å². The van der Waals surface area contributed by atoms with Gasteiger partial charge in [-0.15, -0.1) is 0 Å². The maximum absolute atomic E-state index is 12.7. The van der Waals surface area contributed by atoms with Crippen molar-refractivity contribution in [3.05, 3.63) is 28.2 Å². The fourth-order valence-corrected chi connectivity index (χ4v) is 4.68. The van der Waals surface area contributed by atoms with Crippen molar-refractivity contribution in [1.82, 2.24) is 4.31 Å². The zero-order valence-corrected chi connectivity index (χ0v) is 15.8. The number of piperidine rings is 1. The first-order valence-electron chi connectivity index (χ1n) is 7.58. The predicted molar refractivity (Wildman–Crippen MR) is 92.7 cm³/mol. The molecule has 138 valence electrons. The number of hydrogen-bond acceptors (Lipinski definition) is 5. The van der Waals surface area contributed by atoms with Gasteiger partial charge in [-0.25, -0.2) is 8.42 Å². The van der Waals surface area contributed by atoms with Gasteiger partial charge in [-0.3, -0.25) is 9.59 Å². The highest BCUT2D eigenvalue weighted by Gasteiger charge is 2.34. The van der Waals surface area contributed by atoms with Crippen molar-refractivity contribution >= 4 is 45.1 Å². The van der Waals surface area contributed by atoms with Gasteiger partial charge in [0.15, 0.2) is 6.10 Å². The largest absolute Gasteiger partial charge is 0.452 e. The van der Waals surface area contributed by atoms with Crippen LogP contribution in [0.25, 0.3) is 0 Å². The molecule has 1 aliphatic rings. The average Bonchev–Trinajstić information content (AvgIpc) is 2.56. The molecule has 25 heavy (non-hydrogen) atoms. The van der Waals surface area contributed by atoms with E-state index in [1.165, 1.54) is 29.4 Å². The Morgan fingerprint density at radius 1 is 1.28 bits per heavy atom. The van der Waals surface area contributed by atoms with Gasteiger partial charge < -0.3 is 10.5 Å². The molecule has 1 aromatic rings. The number of carbonyl (C=O) groups is 2. The van der Waals surface area contributed by atoms with E-state index in [0.717, 1.165) is 0 Å². The van der Waals surface area contributed by atoms with Crippen LogP contribution in [0.2, 0.25) is 10.0 Å². The molecule has 1 fully saturated rings. The Morgan fingerprint density at radius 2 is 1.88 bits per heavy atom. The summed E-state index contributed by atoms with van der Waals surface area (Å²) >= 11 is 11.8. The number of nitrogens with zero attached hydrogens (tertiary/aromatic N) is 1. The number of halogens is 2. The van der Waals surface area contributed by atoms with Gasteiger partial charge in [0, 0.05) is 18.1 Å². The Kier molecular flexibility index (Phi) is 6.31. The van der Waals surface area contributed by atoms with Gasteiger partial charge in [-0.1, -0.05) is 23.2 Å². The van der Waals surface area contributed by atoms with Crippen LogP contribution < -0.4 is 5.73 Å². The molecular formula is C15H18Cl2N2O5S. The number of benzene rings is 1. The highest BCUT2D eigenvalue weighted by atomic mass is 35.5. The number of ether oxygens (including phenoxy) is 1. The highest BCUT2D eigenvalue weighted by Crippen LogP contribution is 2.30. The first kappa shape index (κ1) is 20.0. The molecule has 0 aromatic heterocycles. The van der Waals surface area contributed by atoms with Crippen LogP contribution in [0, 0.1) is 5.92 Å². The zero-order valence-electron chi connectivity index (χ0n) is 13.4. The summed E-state index contributed by atoms with van der Waals surface area (Å²) in [6.07, 6.45) is -0.455. The second-order valence-corrected chi connectivity index (χ2v) is 8.48. The van der Waals surface area contributed by atoms with Crippen molar-refractivity contribution in [3.63, 3.8) is 0 Å². The Hall–Kier alpha value is -1.35. The fourth-order valence-electron chi connectivity index (χ4n) is 2.47. The summed E-state index contributed by atoms with van der Waals surface area (Å²) in [4.78, 5) is 22.9. The molecule has 0 saturated carbocycles. The van der Waals surface area contributed by atoms with Crippen LogP contribution in [0.1, 0.15) is 19.8 Å². The molecular weight excluding hydrogens is 391 g/mol. The second-order valence-electron chi connectivity index (χ2n) is 5.73. The van der Waals surface area contributed by atoms with Gasteiger partial charge >= 0.3 is 5.97 Å². The molecule has 10 heteroatoms. The van der Waals surface area contributed by atoms with Crippen LogP contribution in [0.3, 0.4) is 0 Å². The predicted octanol–water partition coefficient (Wildman–Crippen LogP) is 1.81. The quantitative estimate of drug-likeness (QED) is 0.747. The van der Waals surface area contributed by atoms with E-state index in [1.807, 2.05) is 0 Å². The standard InChI is InChI=1S/C15H18Cl2N2O5S/c1-9(14(18)20)24-15(21)10-4-6-19(7-5-10)25(22,23)13-8-11(16)2-3-12(13)17/h2-3,8-10H,4-7H2,1H3,(H2,18,20). The smallest absolute Gasteiger partial charge is 0.309 e. The summed E-state index contributed by atoms with van der Waals surface area (Å²) in [6, 6.07) is 4.23. The molecule has 0 bridgehead atoms. The molecule has 1 unspecified atom stereocenters. The van der Waals surface area contributed by atoms with E-state index in [2.05, 4.69) is 0 Å². The van der Waals surface area contributed by atoms with Gasteiger partial charge in [-0.2, -0.15) is 4.31 Å². The number of amides is 1. The fraction of sp³-hybridized carbons (Fsp3) is 0.467. The van der Waals surface area contributed by atoms with Crippen molar-refractivity contribution in [1.29, 1.82) is 0 Å². The summed E-state index contributed by atoms with van der Waals surface area (Å²) < 4.78 is 31.6. The first-order valence-corrected chi connectivity index (χ1v) is 9.77. The van der Waals surface area contributed by atoms with Crippen LogP contribution in [-0.2, 0) is 24.3 Å². The molecule has 2 N–H and O–H groups in total. The molecule has 1 saturated heterocycles. The van der Waals surface area contributed by atoms with E-state index in [9.17, 15) is 18.0 Å². The number of rotatable bonds is 5. The lowest BCUT2D eigenvalue weighted by atomic mass is 9.98. The first-order chi connectivity index (χ1) is 11.6. The molecule has 0 spiro atoms. The minimum Gasteiger partial charge on any atom is -0.452 e. The van der Waals surface area contributed by atoms with Gasteiger partial charge in [0.25, 0.3) is 5.91 Å². The number of carbonyl (C=O) groups excluding carboxylic acids is 2. The summed E-state index contributed by atoms with van der Waals surface area (Å²) in [5.41, 5.74) is 5.06. The lowest BCUT2D eigenvalue weighted by Crippen LogP contribution is -2.42. The average molecular weight is 409 g/mol. The Balaban J connectivity index is 2.05. The van der Waals surface area contributed by atoms with Crippen molar-refractivity contribution in [2.75, 3.05) is 13.1 Å². The van der Waals surface area contributed by atoms with Crippen LogP contribution in [-0.4, -0.2) is 43.8 Å². The summed E-state index contributed by atoms with van der Waals surface area (Å²) in [5, 5.41) is 0.350. The number of esters is 1. The number of primary amides is 1. The lowest BCUT2D eigenvalue weighted by Gasteiger charge is -2.30. The highest BCUT2D eigenvalue weighted by molar-refractivity contribution is 7.89. The topological polar surface area (TPSA) is 107 Å². The monoisotopic (exact) mass is 408 g/mol. The number of hydrogen-bond donors (Lipinski definition) is 1. The minimum atomic E-state index is -3.81. The normalized spacial score (nSPS) is 17.9. The summed E-state index contributed by atoms with van der Waals surface area (Å²) in [6.45, 7) is 1.66. The molecule has 1 aliphatic heterocycles. The molecule has 2 rings (SSSR count).